The molecule has 4 aliphatic rings. The topological polar surface area (TPSA) is 95.8 Å². The normalized spacial score (nSPS) is 41.5. The zero-order valence-corrected chi connectivity index (χ0v) is 26.2. The Morgan fingerprint density at radius 1 is 0.868 bits per heavy atom. The van der Waals surface area contributed by atoms with Crippen molar-refractivity contribution >= 4 is 8.32 Å². The van der Waals surface area contributed by atoms with E-state index in [9.17, 15) is 10.2 Å². The van der Waals surface area contributed by atoms with E-state index in [1.807, 2.05) is 20.8 Å². The second-order valence-electron chi connectivity index (χ2n) is 13.9. The number of hydrogen-bond donors (Lipinski definition) is 2. The van der Waals surface area contributed by atoms with E-state index in [1.54, 1.807) is 0 Å². The van der Waals surface area contributed by atoms with Crippen LogP contribution in [0.2, 0.25) is 16.6 Å². The number of fused-ring (bicyclic) bond motifs is 3. The molecule has 222 valence electrons. The first-order valence-electron chi connectivity index (χ1n) is 14.9. The number of ether oxygens (including phenoxy) is 5. The summed E-state index contributed by atoms with van der Waals surface area (Å²) in [5.41, 5.74) is -0.661. The molecule has 0 amide bonds. The van der Waals surface area contributed by atoms with Gasteiger partial charge in [0.2, 0.25) is 0 Å². The summed E-state index contributed by atoms with van der Waals surface area (Å²) in [7, 11) is -2.04. The lowest BCUT2D eigenvalue weighted by molar-refractivity contribution is -0.334. The molecule has 0 aromatic heterocycles. The van der Waals surface area contributed by atoms with Crippen molar-refractivity contribution < 1.29 is 38.3 Å². The minimum absolute atomic E-state index is 0.0321. The van der Waals surface area contributed by atoms with Gasteiger partial charge in [-0.2, -0.15) is 0 Å². The number of aliphatic hydroxyl groups excluding tert-OH is 1. The summed E-state index contributed by atoms with van der Waals surface area (Å²) in [5.74, 6) is -0.613. The van der Waals surface area contributed by atoms with Crippen molar-refractivity contribution in [2.45, 2.75) is 165 Å². The van der Waals surface area contributed by atoms with Crippen LogP contribution in [0, 0.1) is 0 Å². The maximum Gasteiger partial charge on any atom is 0.200 e. The molecule has 0 bridgehead atoms. The van der Waals surface area contributed by atoms with Crippen molar-refractivity contribution in [2.24, 2.45) is 0 Å². The molecule has 0 aliphatic carbocycles. The van der Waals surface area contributed by atoms with E-state index >= 15 is 0 Å². The first kappa shape index (κ1) is 30.8. The van der Waals surface area contributed by atoms with E-state index in [1.165, 1.54) is 0 Å². The molecule has 0 aromatic carbocycles. The Morgan fingerprint density at radius 2 is 1.47 bits per heavy atom. The van der Waals surface area contributed by atoms with E-state index in [0.717, 1.165) is 12.8 Å². The third-order valence-electron chi connectivity index (χ3n) is 9.79. The fourth-order valence-corrected chi connectivity index (χ4v) is 13.5. The Labute approximate surface area is 231 Å². The molecule has 0 spiro atoms. The summed E-state index contributed by atoms with van der Waals surface area (Å²) < 4.78 is 38.7. The summed E-state index contributed by atoms with van der Waals surface area (Å²) in [5, 5.41) is 22.0. The highest BCUT2D eigenvalue weighted by molar-refractivity contribution is 6.77. The molecule has 2 N–H and O–H groups in total. The summed E-state index contributed by atoms with van der Waals surface area (Å²) in [4.78, 5) is 0. The van der Waals surface area contributed by atoms with Crippen LogP contribution in [0.1, 0.15) is 94.4 Å². The van der Waals surface area contributed by atoms with Crippen molar-refractivity contribution in [3.8, 4) is 0 Å². The predicted octanol–water partition coefficient (Wildman–Crippen LogP) is 4.70. The van der Waals surface area contributed by atoms with Gasteiger partial charge in [0.15, 0.2) is 14.1 Å². The van der Waals surface area contributed by atoms with Gasteiger partial charge in [-0.3, -0.25) is 0 Å². The number of aliphatic hydroxyl groups is 2. The minimum Gasteiger partial charge on any atom is -0.416 e. The maximum absolute atomic E-state index is 11.6. The van der Waals surface area contributed by atoms with Gasteiger partial charge in [-0.15, -0.1) is 0 Å². The Kier molecular flexibility index (Phi) is 9.16. The second kappa shape index (κ2) is 11.3. The van der Waals surface area contributed by atoms with E-state index in [-0.39, 0.29) is 37.1 Å². The first-order chi connectivity index (χ1) is 17.7. The molecular weight excluding hydrogens is 504 g/mol. The summed E-state index contributed by atoms with van der Waals surface area (Å²) in [6.45, 7) is 20.2. The molecular formula is C29H54O8Si. The molecule has 0 radical (unpaired) electrons. The second-order valence-corrected chi connectivity index (χ2v) is 19.3. The summed E-state index contributed by atoms with van der Waals surface area (Å²) >= 11 is 0. The SMILES string of the molecule is CC(C)[Si](OCC[C@@H]1O[C@@H]2C[C@@H]3O[C@@H]4COC(C)(C)O[C@H]4CC[C@H]3O[C@@]2(C)C[C@]1(O)CO)(C(C)C)C(C)C. The van der Waals surface area contributed by atoms with Crippen LogP contribution in [0.15, 0.2) is 0 Å². The molecule has 4 heterocycles. The van der Waals surface area contributed by atoms with Crippen LogP contribution in [-0.2, 0) is 28.1 Å². The van der Waals surface area contributed by atoms with Crippen LogP contribution in [0.4, 0.5) is 0 Å². The summed E-state index contributed by atoms with van der Waals surface area (Å²) in [6.07, 6.45) is 1.97. The van der Waals surface area contributed by atoms with Crippen LogP contribution >= 0.6 is 0 Å². The van der Waals surface area contributed by atoms with Gasteiger partial charge < -0.3 is 38.3 Å². The van der Waals surface area contributed by atoms with Crippen LogP contribution < -0.4 is 0 Å². The lowest BCUT2D eigenvalue weighted by Gasteiger charge is -2.56. The molecule has 4 saturated heterocycles. The minimum atomic E-state index is -2.04. The molecule has 4 fully saturated rings. The van der Waals surface area contributed by atoms with Crippen LogP contribution in [0.25, 0.3) is 0 Å². The van der Waals surface area contributed by atoms with Crippen molar-refractivity contribution in [3.05, 3.63) is 0 Å². The fraction of sp³-hybridized carbons (Fsp3) is 1.00. The van der Waals surface area contributed by atoms with Crippen molar-refractivity contribution in [3.63, 3.8) is 0 Å². The fourth-order valence-electron chi connectivity index (χ4n) is 8.03. The van der Waals surface area contributed by atoms with E-state index < -0.39 is 31.4 Å². The van der Waals surface area contributed by atoms with Gasteiger partial charge in [-0.25, -0.2) is 0 Å². The quantitative estimate of drug-likeness (QED) is 0.414. The Bertz CT molecular complexity index is 784. The van der Waals surface area contributed by atoms with Gasteiger partial charge in [0.05, 0.1) is 49.3 Å². The maximum atomic E-state index is 11.6. The Hall–Kier alpha value is -0.103. The Balaban J connectivity index is 1.46. The van der Waals surface area contributed by atoms with Gasteiger partial charge in [0.1, 0.15) is 11.7 Å². The Morgan fingerprint density at radius 3 is 2.05 bits per heavy atom. The van der Waals surface area contributed by atoms with Crippen LogP contribution in [0.5, 0.6) is 0 Å². The molecule has 0 saturated carbocycles. The molecule has 4 aliphatic heterocycles. The van der Waals surface area contributed by atoms with Gasteiger partial charge in [-0.1, -0.05) is 41.5 Å². The molecule has 0 unspecified atom stereocenters. The highest BCUT2D eigenvalue weighted by Gasteiger charge is 2.59. The van der Waals surface area contributed by atoms with E-state index in [0.29, 0.717) is 49.1 Å². The van der Waals surface area contributed by atoms with Crippen molar-refractivity contribution in [1.29, 1.82) is 0 Å². The van der Waals surface area contributed by atoms with E-state index in [2.05, 4.69) is 41.5 Å². The van der Waals surface area contributed by atoms with Gasteiger partial charge in [0, 0.05) is 19.4 Å². The van der Waals surface area contributed by atoms with E-state index in [4.69, 9.17) is 28.1 Å². The lowest BCUT2D eigenvalue weighted by atomic mass is 9.74. The third kappa shape index (κ3) is 5.79. The molecule has 8 atom stereocenters. The highest BCUT2D eigenvalue weighted by Crippen LogP contribution is 2.48. The third-order valence-corrected chi connectivity index (χ3v) is 15.9. The predicted molar refractivity (Wildman–Crippen MR) is 148 cm³/mol. The largest absolute Gasteiger partial charge is 0.416 e. The number of hydrogen-bond acceptors (Lipinski definition) is 8. The van der Waals surface area contributed by atoms with Crippen LogP contribution in [-0.4, -0.2) is 92.0 Å². The summed E-state index contributed by atoms with van der Waals surface area (Å²) in [6, 6.07) is 0. The average Bonchev–Trinajstić information content (AvgIpc) is 2.97. The smallest absolute Gasteiger partial charge is 0.200 e. The average molecular weight is 559 g/mol. The standard InChI is InChI=1S/C29H54O8Si/c1-18(2)38(19(3)4,20(5)6)33-13-12-25-29(31,17-30)16-28(9)26(35-25)14-23-21(37-28)10-11-22-24(34-23)15-32-27(7,8)36-22/h18-26,30-31H,10-17H2,1-9H3/t21-,22+,23+,24-,25+,26-,28+,29+/m1/s1. The van der Waals surface area contributed by atoms with Gasteiger partial charge >= 0.3 is 0 Å². The molecule has 9 heteroatoms. The zero-order chi connectivity index (χ0) is 28.1. The molecule has 8 nitrogen and oxygen atoms in total. The van der Waals surface area contributed by atoms with Crippen molar-refractivity contribution in [2.75, 3.05) is 19.8 Å². The highest BCUT2D eigenvalue weighted by atomic mass is 28.4. The molecule has 0 aromatic rings. The lowest BCUT2D eigenvalue weighted by Crippen LogP contribution is -2.67. The number of rotatable bonds is 8. The molecule has 38 heavy (non-hydrogen) atoms. The van der Waals surface area contributed by atoms with Gasteiger partial charge in [0.25, 0.3) is 0 Å². The van der Waals surface area contributed by atoms with Gasteiger partial charge in [-0.05, 0) is 56.7 Å². The van der Waals surface area contributed by atoms with Crippen LogP contribution in [0.3, 0.4) is 0 Å². The molecule has 4 rings (SSSR count). The van der Waals surface area contributed by atoms with Crippen molar-refractivity contribution in [1.82, 2.24) is 0 Å². The first-order valence-corrected chi connectivity index (χ1v) is 17.1. The zero-order valence-electron chi connectivity index (χ0n) is 25.2. The monoisotopic (exact) mass is 558 g/mol.